The molecule has 0 aliphatic carbocycles. The molecule has 0 fully saturated rings. The highest BCUT2D eigenvalue weighted by Crippen LogP contribution is 2.26. The van der Waals surface area contributed by atoms with Crippen molar-refractivity contribution in [1.29, 1.82) is 0 Å². The number of benzene rings is 1. The van der Waals surface area contributed by atoms with Crippen LogP contribution in [0.1, 0.15) is 36.7 Å². The van der Waals surface area contributed by atoms with E-state index in [1.54, 1.807) is 13.2 Å². The molecular formula is C16H23N3O2. The highest BCUT2D eigenvalue weighted by molar-refractivity contribution is 5.41. The molecule has 1 heterocycles. The van der Waals surface area contributed by atoms with E-state index < -0.39 is 0 Å². The van der Waals surface area contributed by atoms with Gasteiger partial charge < -0.3 is 15.2 Å². The van der Waals surface area contributed by atoms with Crippen LogP contribution in [0.5, 0.6) is 11.5 Å². The summed E-state index contributed by atoms with van der Waals surface area (Å²) in [5, 5.41) is 17.5. The third-order valence-electron chi connectivity index (χ3n) is 3.63. The Morgan fingerprint density at radius 3 is 2.81 bits per heavy atom. The van der Waals surface area contributed by atoms with Gasteiger partial charge in [0.05, 0.1) is 12.8 Å². The van der Waals surface area contributed by atoms with E-state index in [0.717, 1.165) is 17.8 Å². The Bertz CT molecular complexity index is 608. The molecule has 2 N–H and O–H groups in total. The second-order valence-electron chi connectivity index (χ2n) is 5.13. The van der Waals surface area contributed by atoms with Crippen LogP contribution < -0.4 is 10.1 Å². The first kappa shape index (κ1) is 15.4. The van der Waals surface area contributed by atoms with E-state index in [2.05, 4.69) is 30.5 Å². The van der Waals surface area contributed by atoms with E-state index in [1.165, 1.54) is 5.56 Å². The van der Waals surface area contributed by atoms with Gasteiger partial charge in [0.1, 0.15) is 0 Å². The quantitative estimate of drug-likeness (QED) is 0.858. The third-order valence-corrected chi connectivity index (χ3v) is 3.63. The lowest BCUT2D eigenvalue weighted by molar-refractivity contribution is 0.372. The molecule has 1 atom stereocenters. The zero-order valence-corrected chi connectivity index (χ0v) is 13.1. The number of ether oxygens (including phenoxy) is 1. The molecule has 114 valence electrons. The Labute approximate surface area is 125 Å². The zero-order chi connectivity index (χ0) is 15.4. The van der Waals surface area contributed by atoms with Crippen molar-refractivity contribution in [1.82, 2.24) is 15.1 Å². The van der Waals surface area contributed by atoms with Crippen LogP contribution in [0.4, 0.5) is 0 Å². The molecule has 5 heteroatoms. The first-order valence-electron chi connectivity index (χ1n) is 7.18. The van der Waals surface area contributed by atoms with Crippen molar-refractivity contribution in [2.24, 2.45) is 0 Å². The molecule has 0 spiro atoms. The smallest absolute Gasteiger partial charge is 0.160 e. The number of phenols is 1. The van der Waals surface area contributed by atoms with Crippen LogP contribution in [0.2, 0.25) is 0 Å². The van der Waals surface area contributed by atoms with Gasteiger partial charge in [-0.15, -0.1) is 0 Å². The van der Waals surface area contributed by atoms with E-state index in [4.69, 9.17) is 4.74 Å². The van der Waals surface area contributed by atoms with Crippen LogP contribution in [0.15, 0.2) is 24.4 Å². The SMILES string of the molecule is CCn1cc(C(C)NCc2ccc(O)c(OC)c2)c(C)n1. The van der Waals surface area contributed by atoms with Gasteiger partial charge in [-0.3, -0.25) is 4.68 Å². The lowest BCUT2D eigenvalue weighted by atomic mass is 10.1. The molecule has 1 aromatic carbocycles. The van der Waals surface area contributed by atoms with Crippen molar-refractivity contribution < 1.29 is 9.84 Å². The van der Waals surface area contributed by atoms with Crippen molar-refractivity contribution in [2.75, 3.05) is 7.11 Å². The van der Waals surface area contributed by atoms with Crippen molar-refractivity contribution in [3.05, 3.63) is 41.2 Å². The Kier molecular flexibility index (Phi) is 4.85. The first-order chi connectivity index (χ1) is 10.0. The maximum absolute atomic E-state index is 9.60. The normalized spacial score (nSPS) is 12.4. The summed E-state index contributed by atoms with van der Waals surface area (Å²) in [4.78, 5) is 0. The highest BCUT2D eigenvalue weighted by atomic mass is 16.5. The van der Waals surface area contributed by atoms with Crippen LogP contribution >= 0.6 is 0 Å². The second-order valence-corrected chi connectivity index (χ2v) is 5.13. The number of nitrogens with one attached hydrogen (secondary N) is 1. The lowest BCUT2D eigenvalue weighted by Crippen LogP contribution is -2.18. The Hall–Kier alpha value is -2.01. The fourth-order valence-corrected chi connectivity index (χ4v) is 2.33. The number of methoxy groups -OCH3 is 1. The summed E-state index contributed by atoms with van der Waals surface area (Å²) in [7, 11) is 1.55. The van der Waals surface area contributed by atoms with Crippen molar-refractivity contribution in [2.45, 2.75) is 39.9 Å². The fourth-order valence-electron chi connectivity index (χ4n) is 2.33. The summed E-state index contributed by atoms with van der Waals surface area (Å²) in [5.41, 5.74) is 3.33. The predicted molar refractivity (Wildman–Crippen MR) is 82.6 cm³/mol. The van der Waals surface area contributed by atoms with Crippen LogP contribution in [0, 0.1) is 6.92 Å². The Morgan fingerprint density at radius 2 is 2.19 bits per heavy atom. The molecule has 0 bridgehead atoms. The highest BCUT2D eigenvalue weighted by Gasteiger charge is 2.12. The molecule has 1 unspecified atom stereocenters. The van der Waals surface area contributed by atoms with Crippen LogP contribution in [-0.2, 0) is 13.1 Å². The van der Waals surface area contributed by atoms with E-state index in [9.17, 15) is 5.11 Å². The standard InChI is InChI=1S/C16H23N3O2/c1-5-19-10-14(12(3)18-19)11(2)17-9-13-6-7-15(20)16(8-13)21-4/h6-8,10-11,17,20H,5,9H2,1-4H3. The number of hydrogen-bond acceptors (Lipinski definition) is 4. The van der Waals surface area contributed by atoms with Crippen molar-refractivity contribution in [3.63, 3.8) is 0 Å². The molecule has 2 aromatic rings. The van der Waals surface area contributed by atoms with Crippen LogP contribution in [-0.4, -0.2) is 22.0 Å². The number of rotatable bonds is 6. The minimum Gasteiger partial charge on any atom is -0.504 e. The molecule has 2 rings (SSSR count). The van der Waals surface area contributed by atoms with E-state index >= 15 is 0 Å². The molecule has 0 amide bonds. The average Bonchev–Trinajstić information content (AvgIpc) is 2.87. The molecular weight excluding hydrogens is 266 g/mol. The van der Waals surface area contributed by atoms with Gasteiger partial charge in [-0.1, -0.05) is 6.07 Å². The van der Waals surface area contributed by atoms with E-state index in [-0.39, 0.29) is 11.8 Å². The molecule has 0 radical (unpaired) electrons. The summed E-state index contributed by atoms with van der Waals surface area (Å²) in [6.45, 7) is 7.82. The third kappa shape index (κ3) is 3.55. The number of aromatic nitrogens is 2. The fraction of sp³-hybridized carbons (Fsp3) is 0.438. The maximum Gasteiger partial charge on any atom is 0.160 e. The summed E-state index contributed by atoms with van der Waals surface area (Å²) in [6, 6.07) is 5.60. The topological polar surface area (TPSA) is 59.3 Å². The average molecular weight is 289 g/mol. The minimum atomic E-state index is 0.161. The van der Waals surface area contributed by atoms with Gasteiger partial charge in [-0.05, 0) is 38.5 Å². The number of phenolic OH excluding ortho intramolecular Hbond substituents is 1. The molecule has 0 saturated carbocycles. The van der Waals surface area contributed by atoms with Gasteiger partial charge in [0.2, 0.25) is 0 Å². The number of aryl methyl sites for hydroxylation is 2. The summed E-state index contributed by atoms with van der Waals surface area (Å²) in [6.07, 6.45) is 2.09. The number of aromatic hydroxyl groups is 1. The summed E-state index contributed by atoms with van der Waals surface area (Å²) in [5.74, 6) is 0.659. The number of hydrogen-bond donors (Lipinski definition) is 2. The molecule has 0 aliphatic rings. The van der Waals surface area contributed by atoms with Crippen molar-refractivity contribution in [3.8, 4) is 11.5 Å². The van der Waals surface area contributed by atoms with Crippen molar-refractivity contribution >= 4 is 0 Å². The Balaban J connectivity index is 2.03. The van der Waals surface area contributed by atoms with Crippen LogP contribution in [0.3, 0.4) is 0 Å². The first-order valence-corrected chi connectivity index (χ1v) is 7.18. The minimum absolute atomic E-state index is 0.161. The molecule has 21 heavy (non-hydrogen) atoms. The van der Waals surface area contributed by atoms with E-state index in [1.807, 2.05) is 23.7 Å². The van der Waals surface area contributed by atoms with Gasteiger partial charge in [0.15, 0.2) is 11.5 Å². The maximum atomic E-state index is 9.60. The zero-order valence-electron chi connectivity index (χ0n) is 13.1. The van der Waals surface area contributed by atoms with Gasteiger partial charge in [0.25, 0.3) is 0 Å². The Morgan fingerprint density at radius 1 is 1.43 bits per heavy atom. The largest absolute Gasteiger partial charge is 0.504 e. The van der Waals surface area contributed by atoms with Gasteiger partial charge in [-0.2, -0.15) is 5.10 Å². The molecule has 0 aliphatic heterocycles. The summed E-state index contributed by atoms with van der Waals surface area (Å²) < 4.78 is 7.07. The second kappa shape index (κ2) is 6.63. The van der Waals surface area contributed by atoms with Crippen LogP contribution in [0.25, 0.3) is 0 Å². The predicted octanol–water partition coefficient (Wildman–Crippen LogP) is 2.78. The lowest BCUT2D eigenvalue weighted by Gasteiger charge is -2.14. The molecule has 1 aromatic heterocycles. The van der Waals surface area contributed by atoms with Gasteiger partial charge in [-0.25, -0.2) is 0 Å². The number of nitrogens with zero attached hydrogens (tertiary/aromatic N) is 2. The van der Waals surface area contributed by atoms with Gasteiger partial charge >= 0.3 is 0 Å². The molecule has 0 saturated heterocycles. The van der Waals surface area contributed by atoms with E-state index in [0.29, 0.717) is 12.3 Å². The molecule has 5 nitrogen and oxygen atoms in total. The monoisotopic (exact) mass is 289 g/mol. The van der Waals surface area contributed by atoms with Gasteiger partial charge in [0, 0.05) is 30.9 Å². The summed E-state index contributed by atoms with van der Waals surface area (Å²) >= 11 is 0.